The van der Waals surface area contributed by atoms with Crippen molar-refractivity contribution < 1.29 is 9.53 Å². The lowest BCUT2D eigenvalue weighted by Gasteiger charge is -2.14. The molecular weight excluding hydrogens is 408 g/mol. The molecule has 2 aromatic heterocycles. The van der Waals surface area contributed by atoms with Gasteiger partial charge in [0.25, 0.3) is 0 Å². The quantitative estimate of drug-likeness (QED) is 0.386. The van der Waals surface area contributed by atoms with Crippen LogP contribution in [-0.4, -0.2) is 64.9 Å². The zero-order chi connectivity index (χ0) is 23.1. The maximum Gasteiger partial charge on any atom is 0.234 e. The number of nitrogens with one attached hydrogen (secondary N) is 2. The first-order valence-corrected chi connectivity index (χ1v) is 10.7. The summed E-state index contributed by atoms with van der Waals surface area (Å²) in [6.07, 6.45) is 3.79. The monoisotopic (exact) mass is 440 g/mol. The van der Waals surface area contributed by atoms with E-state index < -0.39 is 0 Å². The molecule has 4 N–H and O–H groups in total. The number of methoxy groups -OCH3 is 1. The number of hydrogen-bond acceptors (Lipinski definition) is 8. The van der Waals surface area contributed by atoms with E-state index in [1.54, 1.807) is 13.3 Å². The zero-order valence-corrected chi connectivity index (χ0v) is 19.2. The van der Waals surface area contributed by atoms with E-state index in [1.807, 2.05) is 41.9 Å². The first-order valence-electron chi connectivity index (χ1n) is 10.7. The van der Waals surface area contributed by atoms with Crippen LogP contribution in [0.1, 0.15) is 30.9 Å². The highest BCUT2D eigenvalue weighted by Gasteiger charge is 2.15. The molecule has 0 unspecified atom stereocenters. The molecule has 0 aliphatic carbocycles. The normalized spacial score (nSPS) is 11.2. The maximum atomic E-state index is 12.0. The first-order chi connectivity index (χ1) is 15.4. The number of rotatable bonds is 11. The summed E-state index contributed by atoms with van der Waals surface area (Å²) in [7, 11) is 5.37. The molecule has 10 heteroatoms. The summed E-state index contributed by atoms with van der Waals surface area (Å²) in [5, 5.41) is 10.8. The van der Waals surface area contributed by atoms with E-state index in [1.165, 1.54) is 0 Å². The fraction of sp³-hybridized carbons (Fsp3) is 0.455. The number of nitrogens with two attached hydrogens (primary N) is 1. The predicted molar refractivity (Wildman–Crippen MR) is 126 cm³/mol. The highest BCUT2D eigenvalue weighted by atomic mass is 16.5. The molecule has 3 rings (SSSR count). The minimum atomic E-state index is -0.0250. The van der Waals surface area contributed by atoms with Crippen molar-refractivity contribution in [2.75, 3.05) is 45.3 Å². The molecule has 32 heavy (non-hydrogen) atoms. The third-order valence-electron chi connectivity index (χ3n) is 4.94. The second-order valence-electron chi connectivity index (χ2n) is 7.91. The van der Waals surface area contributed by atoms with Crippen LogP contribution in [0.4, 0.5) is 11.8 Å². The molecule has 0 radical (unpaired) electrons. The molecule has 0 saturated heterocycles. The molecule has 0 saturated carbocycles. The zero-order valence-electron chi connectivity index (χ0n) is 19.2. The number of benzene rings is 1. The Morgan fingerprint density at radius 3 is 2.81 bits per heavy atom. The van der Waals surface area contributed by atoms with E-state index >= 15 is 0 Å². The molecule has 172 valence electrons. The fourth-order valence-electron chi connectivity index (χ4n) is 3.41. The minimum Gasteiger partial charge on any atom is -0.496 e. The van der Waals surface area contributed by atoms with Crippen molar-refractivity contribution in [3.05, 3.63) is 35.5 Å². The highest BCUT2D eigenvalue weighted by molar-refractivity contribution is 5.86. The molecule has 3 aromatic rings. The van der Waals surface area contributed by atoms with Crippen LogP contribution in [0.15, 0.2) is 24.4 Å². The van der Waals surface area contributed by atoms with Gasteiger partial charge >= 0.3 is 0 Å². The van der Waals surface area contributed by atoms with Gasteiger partial charge in [-0.25, -0.2) is 4.98 Å². The van der Waals surface area contributed by atoms with Crippen LogP contribution >= 0.6 is 0 Å². The van der Waals surface area contributed by atoms with Crippen LogP contribution in [0.2, 0.25) is 0 Å². The fourth-order valence-corrected chi connectivity index (χ4v) is 3.41. The van der Waals surface area contributed by atoms with Crippen molar-refractivity contribution in [3.8, 4) is 5.75 Å². The number of nitrogen functional groups attached to an aromatic ring is 1. The van der Waals surface area contributed by atoms with Gasteiger partial charge in [0.1, 0.15) is 16.8 Å². The molecule has 1 amide bonds. The number of nitrogens with zero attached hydrogens (tertiary/aromatic N) is 5. The third kappa shape index (κ3) is 5.85. The largest absolute Gasteiger partial charge is 0.496 e. The van der Waals surface area contributed by atoms with Gasteiger partial charge in [0.2, 0.25) is 11.9 Å². The SMILES string of the molecule is CCCCNc1nc(N)nc2cnn(Cc3cc(CNC(=O)CN(C)C)ccc3OC)c12. The highest BCUT2D eigenvalue weighted by Crippen LogP contribution is 2.26. The number of amides is 1. The number of ether oxygens (including phenoxy) is 1. The van der Waals surface area contributed by atoms with E-state index in [2.05, 4.69) is 32.6 Å². The van der Waals surface area contributed by atoms with Crippen molar-refractivity contribution in [1.82, 2.24) is 30.0 Å². The number of carbonyl (C=O) groups is 1. The van der Waals surface area contributed by atoms with Gasteiger partial charge in [-0.3, -0.25) is 9.48 Å². The average Bonchev–Trinajstić information content (AvgIpc) is 3.14. The van der Waals surface area contributed by atoms with Crippen LogP contribution in [0.3, 0.4) is 0 Å². The smallest absolute Gasteiger partial charge is 0.234 e. The Morgan fingerprint density at radius 1 is 1.28 bits per heavy atom. The lowest BCUT2D eigenvalue weighted by molar-refractivity contribution is -0.121. The number of fused-ring (bicyclic) bond motifs is 1. The topological polar surface area (TPSA) is 123 Å². The third-order valence-corrected chi connectivity index (χ3v) is 4.94. The number of anilines is 2. The van der Waals surface area contributed by atoms with Crippen LogP contribution in [-0.2, 0) is 17.9 Å². The van der Waals surface area contributed by atoms with Gasteiger partial charge in [0, 0.05) is 18.7 Å². The molecule has 0 bridgehead atoms. The predicted octanol–water partition coefficient (Wildman–Crippen LogP) is 1.86. The van der Waals surface area contributed by atoms with Gasteiger partial charge in [-0.15, -0.1) is 0 Å². The van der Waals surface area contributed by atoms with Crippen molar-refractivity contribution in [1.29, 1.82) is 0 Å². The summed E-state index contributed by atoms with van der Waals surface area (Å²) in [5.41, 5.74) is 9.28. The summed E-state index contributed by atoms with van der Waals surface area (Å²) in [6, 6.07) is 5.87. The molecule has 0 atom stereocenters. The second kappa shape index (κ2) is 10.8. The molecule has 0 spiro atoms. The van der Waals surface area contributed by atoms with Crippen molar-refractivity contribution in [3.63, 3.8) is 0 Å². The maximum absolute atomic E-state index is 12.0. The van der Waals surface area contributed by atoms with E-state index in [4.69, 9.17) is 10.5 Å². The van der Waals surface area contributed by atoms with Gasteiger partial charge < -0.3 is 26.0 Å². The van der Waals surface area contributed by atoms with Crippen molar-refractivity contribution >= 4 is 28.7 Å². The Bertz CT molecular complexity index is 1060. The Kier molecular flexibility index (Phi) is 7.82. The Hall–Kier alpha value is -3.40. The molecule has 0 aliphatic rings. The van der Waals surface area contributed by atoms with Gasteiger partial charge in [-0.2, -0.15) is 10.1 Å². The lowest BCUT2D eigenvalue weighted by Crippen LogP contribution is -2.32. The van der Waals surface area contributed by atoms with Crippen LogP contribution in [0.5, 0.6) is 5.75 Å². The van der Waals surface area contributed by atoms with E-state index in [9.17, 15) is 4.79 Å². The van der Waals surface area contributed by atoms with Crippen LogP contribution in [0.25, 0.3) is 11.0 Å². The molecule has 1 aromatic carbocycles. The summed E-state index contributed by atoms with van der Waals surface area (Å²) >= 11 is 0. The van der Waals surface area contributed by atoms with Gasteiger partial charge in [-0.05, 0) is 38.2 Å². The molecule has 10 nitrogen and oxygen atoms in total. The number of unbranched alkanes of at least 4 members (excludes halogenated alkanes) is 1. The molecular formula is C22H32N8O2. The number of hydrogen-bond donors (Lipinski definition) is 3. The summed E-state index contributed by atoms with van der Waals surface area (Å²) in [5.74, 6) is 1.60. The Morgan fingerprint density at radius 2 is 2.09 bits per heavy atom. The van der Waals surface area contributed by atoms with E-state index in [0.29, 0.717) is 31.0 Å². The lowest BCUT2D eigenvalue weighted by atomic mass is 10.1. The summed E-state index contributed by atoms with van der Waals surface area (Å²) in [6.45, 7) is 4.17. The molecule has 2 heterocycles. The molecule has 0 fully saturated rings. The van der Waals surface area contributed by atoms with Crippen molar-refractivity contribution in [2.24, 2.45) is 0 Å². The van der Waals surface area contributed by atoms with Gasteiger partial charge in [0.15, 0.2) is 5.82 Å². The van der Waals surface area contributed by atoms with Crippen LogP contribution < -0.4 is 21.1 Å². The number of likely N-dealkylation sites (N-methyl/N-ethyl adjacent to an activating group) is 1. The number of carbonyl (C=O) groups excluding carboxylic acids is 1. The van der Waals surface area contributed by atoms with Crippen LogP contribution in [0, 0.1) is 0 Å². The Labute approximate surface area is 188 Å². The van der Waals surface area contributed by atoms with E-state index in [0.717, 1.165) is 41.8 Å². The Balaban J connectivity index is 1.86. The van der Waals surface area contributed by atoms with Gasteiger partial charge in [-0.1, -0.05) is 19.4 Å². The summed E-state index contributed by atoms with van der Waals surface area (Å²) < 4.78 is 7.41. The van der Waals surface area contributed by atoms with Crippen molar-refractivity contribution in [2.45, 2.75) is 32.9 Å². The number of aromatic nitrogens is 4. The first kappa shape index (κ1) is 23.3. The standard InChI is InChI=1S/C22H32N8O2/c1-5-6-9-24-21-20-17(27-22(23)28-21)12-26-30(20)13-16-10-15(7-8-18(16)32-4)11-25-19(31)14-29(2)3/h7-8,10,12H,5-6,9,11,13-14H2,1-4H3,(H,25,31)(H3,23,24,27,28). The molecule has 0 aliphatic heterocycles. The average molecular weight is 441 g/mol. The second-order valence-corrected chi connectivity index (χ2v) is 7.91. The van der Waals surface area contributed by atoms with Gasteiger partial charge in [0.05, 0.1) is 26.4 Å². The minimum absolute atomic E-state index is 0.0250. The summed E-state index contributed by atoms with van der Waals surface area (Å²) in [4.78, 5) is 22.5. The van der Waals surface area contributed by atoms with E-state index in [-0.39, 0.29) is 11.9 Å².